The van der Waals surface area contributed by atoms with Crippen LogP contribution in [-0.4, -0.2) is 48.7 Å². The van der Waals surface area contributed by atoms with E-state index in [9.17, 15) is 4.79 Å². The minimum absolute atomic E-state index is 0.0436. The molecule has 0 aromatic carbocycles. The Balaban J connectivity index is 2.14. The first-order chi connectivity index (χ1) is 9.56. The van der Waals surface area contributed by atoms with Crippen molar-refractivity contribution in [2.24, 2.45) is 0 Å². The highest BCUT2D eigenvalue weighted by Crippen LogP contribution is 2.40. The van der Waals surface area contributed by atoms with Gasteiger partial charge in [0, 0.05) is 27.1 Å². The first-order valence-corrected chi connectivity index (χ1v) is 7.08. The third kappa shape index (κ3) is 1.86. The molecule has 6 nitrogen and oxygen atoms in total. The van der Waals surface area contributed by atoms with Crippen LogP contribution < -0.4 is 9.80 Å². The molecule has 7 heteroatoms. The number of halogens is 1. The highest BCUT2D eigenvalue weighted by atomic mass is 35.5. The zero-order valence-corrected chi connectivity index (χ0v) is 12.5. The van der Waals surface area contributed by atoms with Gasteiger partial charge in [-0.3, -0.25) is 4.79 Å². The number of hydrogen-bond acceptors (Lipinski definition) is 5. The first-order valence-electron chi connectivity index (χ1n) is 6.70. The molecule has 1 amide bonds. The van der Waals surface area contributed by atoms with Gasteiger partial charge >= 0.3 is 0 Å². The number of hydrogen-bond donors (Lipinski definition) is 0. The van der Waals surface area contributed by atoms with Gasteiger partial charge in [0.25, 0.3) is 0 Å². The predicted octanol–water partition coefficient (Wildman–Crippen LogP) is 1.26. The first kappa shape index (κ1) is 13.6. The Bertz CT molecular complexity index is 566. The fourth-order valence-electron chi connectivity index (χ4n) is 3.02. The van der Waals surface area contributed by atoms with E-state index in [0.29, 0.717) is 19.4 Å². The minimum atomic E-state index is -0.215. The van der Waals surface area contributed by atoms with Gasteiger partial charge in [0.05, 0.1) is 11.8 Å². The Morgan fingerprint density at radius 2 is 2.20 bits per heavy atom. The van der Waals surface area contributed by atoms with Crippen molar-refractivity contribution in [2.45, 2.75) is 31.9 Å². The minimum Gasteiger partial charge on any atom is -0.380 e. The van der Waals surface area contributed by atoms with Gasteiger partial charge in [-0.1, -0.05) is 6.92 Å². The number of anilines is 2. The molecule has 3 heterocycles. The third-order valence-corrected chi connectivity index (χ3v) is 4.23. The summed E-state index contributed by atoms with van der Waals surface area (Å²) in [6, 6.07) is -0.215. The average Bonchev–Trinajstić information content (AvgIpc) is 2.88. The highest BCUT2D eigenvalue weighted by molar-refractivity contribution is 6.28. The summed E-state index contributed by atoms with van der Waals surface area (Å²) in [6.07, 6.45) is 1.43. The molecule has 0 unspecified atom stereocenters. The van der Waals surface area contributed by atoms with Crippen molar-refractivity contribution in [2.75, 3.05) is 30.5 Å². The van der Waals surface area contributed by atoms with Crippen LogP contribution in [0.2, 0.25) is 5.28 Å². The van der Waals surface area contributed by atoms with Crippen LogP contribution in [0.25, 0.3) is 0 Å². The summed E-state index contributed by atoms with van der Waals surface area (Å²) in [5.41, 5.74) is 1.57. The molecular weight excluding hydrogens is 280 g/mol. The molecule has 1 aromatic rings. The smallest absolute Gasteiger partial charge is 0.249 e. The standard InChI is InChI=1S/C13H17ClN4O2/c1-4-8-10-11(16-13(14)15-8)18-6-7(20-3)5-9(18)12(19)17(10)2/h7,9H,4-6H2,1-3H3/t7-,9+/m1/s1. The van der Waals surface area contributed by atoms with Gasteiger partial charge < -0.3 is 14.5 Å². The SMILES string of the molecule is CCc1nc(Cl)nc2c1N(C)C(=O)[C@@H]1C[C@@H](OC)CN21. The second-order valence-corrected chi connectivity index (χ2v) is 5.46. The zero-order chi connectivity index (χ0) is 14.4. The van der Waals surface area contributed by atoms with Gasteiger partial charge in [-0.05, 0) is 18.0 Å². The van der Waals surface area contributed by atoms with Crippen molar-refractivity contribution < 1.29 is 9.53 Å². The van der Waals surface area contributed by atoms with Gasteiger partial charge in [-0.15, -0.1) is 0 Å². The van der Waals surface area contributed by atoms with Crippen LogP contribution in [0.1, 0.15) is 19.0 Å². The van der Waals surface area contributed by atoms with E-state index >= 15 is 0 Å². The van der Waals surface area contributed by atoms with Gasteiger partial charge in [-0.25, -0.2) is 4.98 Å². The molecule has 2 aliphatic heterocycles. The number of rotatable bonds is 2. The van der Waals surface area contributed by atoms with Gasteiger partial charge in [0.15, 0.2) is 5.82 Å². The van der Waals surface area contributed by atoms with Crippen LogP contribution in [-0.2, 0) is 16.0 Å². The Hall–Kier alpha value is -1.40. The van der Waals surface area contributed by atoms with Crippen molar-refractivity contribution in [3.63, 3.8) is 0 Å². The second kappa shape index (κ2) is 4.86. The normalized spacial score (nSPS) is 24.9. The Labute approximate surface area is 122 Å². The van der Waals surface area contributed by atoms with Gasteiger partial charge in [0.1, 0.15) is 11.7 Å². The molecule has 0 N–H and O–H groups in total. The van der Waals surface area contributed by atoms with Crippen LogP contribution in [0.15, 0.2) is 0 Å². The van der Waals surface area contributed by atoms with Crippen molar-refractivity contribution in [1.82, 2.24) is 9.97 Å². The molecule has 20 heavy (non-hydrogen) atoms. The number of methoxy groups -OCH3 is 1. The maximum Gasteiger partial charge on any atom is 0.249 e. The Morgan fingerprint density at radius 1 is 1.45 bits per heavy atom. The largest absolute Gasteiger partial charge is 0.380 e. The average molecular weight is 297 g/mol. The number of carbonyl (C=O) groups excluding carboxylic acids is 1. The lowest BCUT2D eigenvalue weighted by Gasteiger charge is -2.37. The summed E-state index contributed by atoms with van der Waals surface area (Å²) in [5, 5.41) is 0.225. The molecule has 0 spiro atoms. The van der Waals surface area contributed by atoms with E-state index in [-0.39, 0.29) is 23.3 Å². The molecule has 0 aliphatic carbocycles. The summed E-state index contributed by atoms with van der Waals surface area (Å²) in [4.78, 5) is 24.8. The number of carbonyl (C=O) groups is 1. The molecule has 108 valence electrons. The van der Waals surface area contributed by atoms with Gasteiger partial charge in [0.2, 0.25) is 11.2 Å². The molecule has 2 atom stereocenters. The van der Waals surface area contributed by atoms with Crippen LogP contribution in [0.5, 0.6) is 0 Å². The van der Waals surface area contributed by atoms with Crippen LogP contribution in [0.3, 0.4) is 0 Å². The van der Waals surface area contributed by atoms with Crippen molar-refractivity contribution in [3.8, 4) is 0 Å². The summed E-state index contributed by atoms with van der Waals surface area (Å²) < 4.78 is 5.40. The summed E-state index contributed by atoms with van der Waals surface area (Å²) in [6.45, 7) is 2.65. The lowest BCUT2D eigenvalue weighted by molar-refractivity contribution is -0.119. The third-order valence-electron chi connectivity index (χ3n) is 4.06. The number of fused-ring (bicyclic) bond motifs is 3. The van der Waals surface area contributed by atoms with Crippen LogP contribution in [0, 0.1) is 0 Å². The van der Waals surface area contributed by atoms with E-state index in [1.165, 1.54) is 0 Å². The Morgan fingerprint density at radius 3 is 2.85 bits per heavy atom. The molecule has 0 saturated carbocycles. The maximum atomic E-state index is 12.5. The highest BCUT2D eigenvalue weighted by Gasteiger charge is 2.45. The van der Waals surface area contributed by atoms with Crippen molar-refractivity contribution in [3.05, 3.63) is 11.0 Å². The summed E-state index contributed by atoms with van der Waals surface area (Å²) in [5.74, 6) is 0.811. The fraction of sp³-hybridized carbons (Fsp3) is 0.615. The molecule has 0 radical (unpaired) electrons. The quantitative estimate of drug-likeness (QED) is 0.769. The van der Waals surface area contributed by atoms with Crippen LogP contribution in [0.4, 0.5) is 11.5 Å². The van der Waals surface area contributed by atoms with E-state index in [2.05, 4.69) is 9.97 Å². The zero-order valence-electron chi connectivity index (χ0n) is 11.8. The van der Waals surface area contributed by atoms with Gasteiger partial charge in [-0.2, -0.15) is 4.98 Å². The lowest BCUT2D eigenvalue weighted by atomic mass is 10.1. The van der Waals surface area contributed by atoms with E-state index in [0.717, 1.165) is 17.2 Å². The number of ether oxygens (including phenoxy) is 1. The lowest BCUT2D eigenvalue weighted by Crippen LogP contribution is -2.50. The molecule has 2 aliphatic rings. The summed E-state index contributed by atoms with van der Waals surface area (Å²) >= 11 is 6.02. The van der Waals surface area contributed by atoms with Crippen molar-refractivity contribution >= 4 is 29.0 Å². The number of aryl methyl sites for hydroxylation is 1. The number of aromatic nitrogens is 2. The second-order valence-electron chi connectivity index (χ2n) is 5.12. The van der Waals surface area contributed by atoms with E-state index in [4.69, 9.17) is 16.3 Å². The molecule has 1 fully saturated rings. The van der Waals surface area contributed by atoms with E-state index < -0.39 is 0 Å². The number of likely N-dealkylation sites (N-methyl/N-ethyl adjacent to an activating group) is 1. The van der Waals surface area contributed by atoms with E-state index in [1.807, 2.05) is 11.8 Å². The Kier molecular flexibility index (Phi) is 3.30. The van der Waals surface area contributed by atoms with Crippen molar-refractivity contribution in [1.29, 1.82) is 0 Å². The number of amides is 1. The maximum absolute atomic E-state index is 12.5. The molecule has 1 aromatic heterocycles. The summed E-state index contributed by atoms with van der Waals surface area (Å²) in [7, 11) is 3.44. The monoisotopic (exact) mass is 296 g/mol. The molecular formula is C13H17ClN4O2. The fourth-order valence-corrected chi connectivity index (χ4v) is 3.20. The van der Waals surface area contributed by atoms with Crippen LogP contribution >= 0.6 is 11.6 Å². The topological polar surface area (TPSA) is 58.6 Å². The molecule has 3 rings (SSSR count). The molecule has 0 bridgehead atoms. The molecule has 1 saturated heterocycles. The van der Waals surface area contributed by atoms with E-state index in [1.54, 1.807) is 19.1 Å². The number of nitrogens with zero attached hydrogens (tertiary/aromatic N) is 4. The predicted molar refractivity (Wildman–Crippen MR) is 76.4 cm³/mol.